The lowest BCUT2D eigenvalue weighted by molar-refractivity contribution is 0.0903. The SMILES string of the molecule is CSc1nc(C)nc(C)c1C(=O)NC(CO)CC(C)C. The summed E-state index contributed by atoms with van der Waals surface area (Å²) in [5, 5.41) is 12.9. The van der Waals surface area contributed by atoms with Crippen molar-refractivity contribution in [1.29, 1.82) is 0 Å². The van der Waals surface area contributed by atoms with Crippen molar-refractivity contribution < 1.29 is 9.90 Å². The first kappa shape index (κ1) is 16.9. The Balaban J connectivity index is 2.97. The molecule has 20 heavy (non-hydrogen) atoms. The summed E-state index contributed by atoms with van der Waals surface area (Å²) >= 11 is 1.43. The topological polar surface area (TPSA) is 75.1 Å². The summed E-state index contributed by atoms with van der Waals surface area (Å²) in [7, 11) is 0. The van der Waals surface area contributed by atoms with Gasteiger partial charge < -0.3 is 10.4 Å². The molecule has 6 heteroatoms. The molecule has 0 fully saturated rings. The Kier molecular flexibility index (Phi) is 6.42. The highest BCUT2D eigenvalue weighted by molar-refractivity contribution is 7.98. The van der Waals surface area contributed by atoms with Gasteiger partial charge >= 0.3 is 0 Å². The monoisotopic (exact) mass is 297 g/mol. The summed E-state index contributed by atoms with van der Waals surface area (Å²) < 4.78 is 0. The molecule has 0 aliphatic heterocycles. The second-order valence-electron chi connectivity index (χ2n) is 5.22. The van der Waals surface area contributed by atoms with E-state index in [4.69, 9.17) is 0 Å². The number of carbonyl (C=O) groups is 1. The van der Waals surface area contributed by atoms with E-state index in [2.05, 4.69) is 29.1 Å². The van der Waals surface area contributed by atoms with Gasteiger partial charge in [-0.15, -0.1) is 11.8 Å². The van der Waals surface area contributed by atoms with E-state index in [0.717, 1.165) is 6.42 Å². The molecule has 1 aromatic rings. The van der Waals surface area contributed by atoms with Crippen molar-refractivity contribution in [1.82, 2.24) is 15.3 Å². The summed E-state index contributed by atoms with van der Waals surface area (Å²) in [5.74, 6) is 0.846. The van der Waals surface area contributed by atoms with E-state index in [1.807, 2.05) is 13.2 Å². The van der Waals surface area contributed by atoms with Crippen LogP contribution in [0.2, 0.25) is 0 Å². The van der Waals surface area contributed by atoms with E-state index in [1.54, 1.807) is 6.92 Å². The Hall–Kier alpha value is -1.14. The van der Waals surface area contributed by atoms with Crippen LogP contribution in [0.4, 0.5) is 0 Å². The van der Waals surface area contributed by atoms with Gasteiger partial charge in [0.2, 0.25) is 0 Å². The van der Waals surface area contributed by atoms with Crippen LogP contribution in [-0.2, 0) is 0 Å². The maximum atomic E-state index is 12.4. The van der Waals surface area contributed by atoms with Crippen LogP contribution < -0.4 is 5.32 Å². The second-order valence-corrected chi connectivity index (χ2v) is 6.02. The number of hydrogen-bond donors (Lipinski definition) is 2. The van der Waals surface area contributed by atoms with Crippen LogP contribution in [0.1, 0.15) is 42.1 Å². The lowest BCUT2D eigenvalue weighted by Gasteiger charge is -2.19. The fraction of sp³-hybridized carbons (Fsp3) is 0.643. The van der Waals surface area contributed by atoms with E-state index in [9.17, 15) is 9.90 Å². The van der Waals surface area contributed by atoms with Gasteiger partial charge in [-0.1, -0.05) is 13.8 Å². The Labute approximate surface area is 124 Å². The molecule has 0 aliphatic carbocycles. The third-order valence-corrected chi connectivity index (χ3v) is 3.58. The Morgan fingerprint density at radius 3 is 2.50 bits per heavy atom. The van der Waals surface area contributed by atoms with Gasteiger partial charge in [0.1, 0.15) is 10.9 Å². The molecule has 0 aromatic carbocycles. The number of aromatic nitrogens is 2. The van der Waals surface area contributed by atoms with Gasteiger partial charge in [0, 0.05) is 0 Å². The van der Waals surface area contributed by atoms with Gasteiger partial charge in [-0.05, 0) is 32.4 Å². The van der Waals surface area contributed by atoms with Crippen molar-refractivity contribution >= 4 is 17.7 Å². The van der Waals surface area contributed by atoms with Gasteiger partial charge in [0.25, 0.3) is 5.91 Å². The summed E-state index contributed by atoms with van der Waals surface area (Å²) in [6, 6.07) is -0.238. The minimum Gasteiger partial charge on any atom is -0.394 e. The van der Waals surface area contributed by atoms with Crippen LogP contribution in [0, 0.1) is 19.8 Å². The molecule has 0 spiro atoms. The number of aryl methyl sites for hydroxylation is 2. The zero-order chi connectivity index (χ0) is 15.3. The Morgan fingerprint density at radius 2 is 2.00 bits per heavy atom. The van der Waals surface area contributed by atoms with Crippen LogP contribution in [0.3, 0.4) is 0 Å². The first-order chi connectivity index (χ1) is 9.38. The maximum absolute atomic E-state index is 12.4. The van der Waals surface area contributed by atoms with Crippen molar-refractivity contribution in [2.75, 3.05) is 12.9 Å². The van der Waals surface area contributed by atoms with Crippen LogP contribution in [-0.4, -0.2) is 39.9 Å². The number of hydrogen-bond acceptors (Lipinski definition) is 5. The van der Waals surface area contributed by atoms with E-state index in [0.29, 0.717) is 28.0 Å². The molecule has 0 saturated carbocycles. The van der Waals surface area contributed by atoms with Gasteiger partial charge in [0.15, 0.2) is 0 Å². The lowest BCUT2D eigenvalue weighted by atomic mass is 10.0. The zero-order valence-corrected chi connectivity index (χ0v) is 13.5. The molecule has 2 N–H and O–H groups in total. The smallest absolute Gasteiger partial charge is 0.256 e. The van der Waals surface area contributed by atoms with Crippen molar-refractivity contribution in [3.63, 3.8) is 0 Å². The predicted octanol–water partition coefficient (Wildman–Crippen LogP) is 1.95. The third-order valence-electron chi connectivity index (χ3n) is 2.90. The molecule has 0 aliphatic rings. The zero-order valence-electron chi connectivity index (χ0n) is 12.7. The molecule has 1 rings (SSSR count). The van der Waals surface area contributed by atoms with Gasteiger partial charge in [0.05, 0.1) is 23.9 Å². The molecule has 112 valence electrons. The van der Waals surface area contributed by atoms with Crippen LogP contribution in [0.15, 0.2) is 5.03 Å². The number of nitrogens with zero attached hydrogens (tertiary/aromatic N) is 2. The average Bonchev–Trinajstić information content (AvgIpc) is 2.35. The number of aliphatic hydroxyl groups excluding tert-OH is 1. The highest BCUT2D eigenvalue weighted by atomic mass is 32.2. The van der Waals surface area contributed by atoms with E-state index < -0.39 is 0 Å². The largest absolute Gasteiger partial charge is 0.394 e. The molecule has 1 aromatic heterocycles. The lowest BCUT2D eigenvalue weighted by Crippen LogP contribution is -2.39. The number of amides is 1. The minimum absolute atomic E-state index is 0.0652. The quantitative estimate of drug-likeness (QED) is 0.620. The number of aliphatic hydroxyl groups is 1. The van der Waals surface area contributed by atoms with Crippen molar-refractivity contribution in [2.24, 2.45) is 5.92 Å². The van der Waals surface area contributed by atoms with Gasteiger partial charge in [-0.3, -0.25) is 4.79 Å². The number of nitrogens with one attached hydrogen (secondary N) is 1. The third kappa shape index (κ3) is 4.45. The van der Waals surface area contributed by atoms with Gasteiger partial charge in [-0.2, -0.15) is 0 Å². The molecular formula is C14H23N3O2S. The molecule has 0 saturated heterocycles. The van der Waals surface area contributed by atoms with Crippen LogP contribution in [0.25, 0.3) is 0 Å². The van der Waals surface area contributed by atoms with Crippen LogP contribution in [0.5, 0.6) is 0 Å². The summed E-state index contributed by atoms with van der Waals surface area (Å²) in [6.45, 7) is 7.67. The molecule has 5 nitrogen and oxygen atoms in total. The standard InChI is InChI=1S/C14H23N3O2S/c1-8(2)6-11(7-18)17-13(19)12-9(3)15-10(4)16-14(12)20-5/h8,11,18H,6-7H2,1-5H3,(H,17,19). The molecule has 0 radical (unpaired) electrons. The molecule has 1 atom stereocenters. The van der Waals surface area contributed by atoms with E-state index >= 15 is 0 Å². The average molecular weight is 297 g/mol. The summed E-state index contributed by atoms with van der Waals surface area (Å²) in [4.78, 5) is 20.9. The fourth-order valence-electron chi connectivity index (χ4n) is 2.10. The molecule has 1 amide bonds. The Bertz CT molecular complexity index is 478. The Morgan fingerprint density at radius 1 is 1.35 bits per heavy atom. The minimum atomic E-state index is -0.238. The molecule has 0 bridgehead atoms. The first-order valence-corrected chi connectivity index (χ1v) is 7.92. The predicted molar refractivity (Wildman–Crippen MR) is 81.1 cm³/mol. The summed E-state index contributed by atoms with van der Waals surface area (Å²) in [6.07, 6.45) is 2.62. The van der Waals surface area contributed by atoms with E-state index in [1.165, 1.54) is 11.8 Å². The molecule has 1 heterocycles. The van der Waals surface area contributed by atoms with E-state index in [-0.39, 0.29) is 18.6 Å². The highest BCUT2D eigenvalue weighted by Crippen LogP contribution is 2.20. The number of carbonyl (C=O) groups excluding carboxylic acids is 1. The van der Waals surface area contributed by atoms with Crippen LogP contribution >= 0.6 is 11.8 Å². The first-order valence-electron chi connectivity index (χ1n) is 6.70. The molecule has 1 unspecified atom stereocenters. The van der Waals surface area contributed by atoms with Crippen molar-refractivity contribution in [2.45, 2.75) is 45.2 Å². The van der Waals surface area contributed by atoms with Crippen molar-refractivity contribution in [3.05, 3.63) is 17.1 Å². The highest BCUT2D eigenvalue weighted by Gasteiger charge is 2.20. The van der Waals surface area contributed by atoms with Crippen molar-refractivity contribution in [3.8, 4) is 0 Å². The van der Waals surface area contributed by atoms with Gasteiger partial charge in [-0.25, -0.2) is 9.97 Å². The number of rotatable bonds is 6. The number of thioether (sulfide) groups is 1. The fourth-order valence-corrected chi connectivity index (χ4v) is 2.76. The summed E-state index contributed by atoms with van der Waals surface area (Å²) in [5.41, 5.74) is 1.17. The second kappa shape index (κ2) is 7.59. The molecular weight excluding hydrogens is 274 g/mol. The normalized spacial score (nSPS) is 12.6. The maximum Gasteiger partial charge on any atom is 0.256 e.